The Morgan fingerprint density at radius 2 is 2.29 bits per heavy atom. The van der Waals surface area contributed by atoms with Crippen LogP contribution in [-0.4, -0.2) is 34.0 Å². The summed E-state index contributed by atoms with van der Waals surface area (Å²) in [5, 5.41) is 12.7. The number of aliphatic carboxylic acids is 1. The van der Waals surface area contributed by atoms with Crippen molar-refractivity contribution in [3.63, 3.8) is 0 Å². The zero-order valence-electron chi connectivity index (χ0n) is 13.2. The van der Waals surface area contributed by atoms with Crippen LogP contribution in [0.2, 0.25) is 0 Å². The van der Waals surface area contributed by atoms with E-state index in [0.29, 0.717) is 5.92 Å². The number of rotatable bonds is 6. The van der Waals surface area contributed by atoms with Crippen LogP contribution in [0.4, 0.5) is 0 Å². The highest BCUT2D eigenvalue weighted by atomic mass is 32.1. The minimum absolute atomic E-state index is 0.134. The van der Waals surface area contributed by atoms with Gasteiger partial charge in [0, 0.05) is 18.0 Å². The van der Waals surface area contributed by atoms with Crippen molar-refractivity contribution in [2.24, 2.45) is 11.8 Å². The number of carbonyl (C=O) groups is 1. The predicted octanol–water partition coefficient (Wildman–Crippen LogP) is 3.55. The van der Waals surface area contributed by atoms with Gasteiger partial charge in [0.25, 0.3) is 0 Å². The smallest absolute Gasteiger partial charge is 0.308 e. The third-order valence-electron chi connectivity index (χ3n) is 4.58. The lowest BCUT2D eigenvalue weighted by Gasteiger charge is -2.39. The second kappa shape index (κ2) is 7.36. The maximum absolute atomic E-state index is 11.6. The lowest BCUT2D eigenvalue weighted by molar-refractivity contribution is -0.146. The second-order valence-electron chi connectivity index (χ2n) is 6.25. The monoisotopic (exact) mass is 310 g/mol. The highest BCUT2D eigenvalue weighted by Gasteiger charge is 2.37. The van der Waals surface area contributed by atoms with Crippen LogP contribution in [0.5, 0.6) is 0 Å². The van der Waals surface area contributed by atoms with E-state index in [0.717, 1.165) is 36.5 Å². The number of carboxylic acids is 1. The molecule has 0 radical (unpaired) electrons. The van der Waals surface area contributed by atoms with Gasteiger partial charge in [-0.25, -0.2) is 4.98 Å². The number of aryl methyl sites for hydroxylation is 1. The molecular weight excluding hydrogens is 284 g/mol. The normalized spacial score (nSPS) is 26.2. The van der Waals surface area contributed by atoms with Crippen LogP contribution >= 0.6 is 11.3 Å². The Kier molecular flexibility index (Phi) is 5.76. The maximum atomic E-state index is 11.6. The molecule has 4 nitrogen and oxygen atoms in total. The zero-order chi connectivity index (χ0) is 15.4. The molecule has 1 fully saturated rings. The largest absolute Gasteiger partial charge is 0.481 e. The summed E-state index contributed by atoms with van der Waals surface area (Å²) in [6.07, 6.45) is 5.27. The summed E-state index contributed by atoms with van der Waals surface area (Å²) in [5.41, 5.74) is 1.06. The number of hydrogen-bond donors (Lipinski definition) is 1. The van der Waals surface area contributed by atoms with Crippen molar-refractivity contribution in [2.75, 3.05) is 7.05 Å². The number of carboxylic acid groups (broad SMARTS) is 1. The standard InChI is InChI=1S/C16H26N2O2S/c1-4-5-12-6-7-14(16(19)20)15(8-12)18(3)9-13-10-21-11(2)17-13/h10,12,14-15H,4-9H2,1-3H3,(H,19,20). The van der Waals surface area contributed by atoms with Gasteiger partial charge < -0.3 is 5.11 Å². The minimum atomic E-state index is -0.642. The van der Waals surface area contributed by atoms with Crippen LogP contribution in [0.1, 0.15) is 49.7 Å². The molecule has 0 spiro atoms. The number of aromatic nitrogens is 1. The van der Waals surface area contributed by atoms with E-state index >= 15 is 0 Å². The predicted molar refractivity (Wildman–Crippen MR) is 85.5 cm³/mol. The van der Waals surface area contributed by atoms with E-state index in [-0.39, 0.29) is 12.0 Å². The Morgan fingerprint density at radius 3 is 2.86 bits per heavy atom. The number of hydrogen-bond acceptors (Lipinski definition) is 4. The van der Waals surface area contributed by atoms with Crippen LogP contribution in [0.3, 0.4) is 0 Å². The highest BCUT2D eigenvalue weighted by molar-refractivity contribution is 7.09. The zero-order valence-corrected chi connectivity index (χ0v) is 14.0. The molecule has 0 amide bonds. The minimum Gasteiger partial charge on any atom is -0.481 e. The Hall–Kier alpha value is -0.940. The number of thiazole rings is 1. The highest BCUT2D eigenvalue weighted by Crippen LogP contribution is 2.35. The molecule has 3 atom stereocenters. The first-order valence-electron chi connectivity index (χ1n) is 7.85. The molecule has 5 heteroatoms. The molecule has 0 bridgehead atoms. The van der Waals surface area contributed by atoms with Gasteiger partial charge >= 0.3 is 5.97 Å². The summed E-state index contributed by atoms with van der Waals surface area (Å²) in [6, 6.07) is 0.134. The summed E-state index contributed by atoms with van der Waals surface area (Å²) in [4.78, 5) is 18.3. The summed E-state index contributed by atoms with van der Waals surface area (Å²) in [7, 11) is 2.05. The topological polar surface area (TPSA) is 53.4 Å². The molecule has 0 aromatic carbocycles. The number of nitrogens with zero attached hydrogens (tertiary/aromatic N) is 2. The van der Waals surface area contributed by atoms with Crippen LogP contribution in [-0.2, 0) is 11.3 Å². The summed E-state index contributed by atoms with van der Waals surface area (Å²) >= 11 is 1.65. The van der Waals surface area contributed by atoms with Crippen molar-refractivity contribution >= 4 is 17.3 Å². The fraction of sp³-hybridized carbons (Fsp3) is 0.750. The molecule has 1 heterocycles. The molecule has 118 valence electrons. The van der Waals surface area contributed by atoms with Gasteiger partial charge in [-0.3, -0.25) is 9.69 Å². The molecule has 1 aromatic heterocycles. The fourth-order valence-electron chi connectivity index (χ4n) is 3.53. The first kappa shape index (κ1) is 16.4. The van der Waals surface area contributed by atoms with Gasteiger partial charge in [0.1, 0.15) is 0 Å². The molecule has 0 saturated heterocycles. The van der Waals surface area contributed by atoms with Gasteiger partial charge in [-0.1, -0.05) is 19.8 Å². The van der Waals surface area contributed by atoms with E-state index in [1.807, 2.05) is 14.0 Å². The van der Waals surface area contributed by atoms with Gasteiger partial charge in [0.05, 0.1) is 16.6 Å². The van der Waals surface area contributed by atoms with Crippen LogP contribution in [0, 0.1) is 18.8 Å². The third kappa shape index (κ3) is 4.27. The second-order valence-corrected chi connectivity index (χ2v) is 7.32. The van der Waals surface area contributed by atoms with Crippen molar-refractivity contribution in [1.29, 1.82) is 0 Å². The van der Waals surface area contributed by atoms with E-state index in [1.165, 1.54) is 12.8 Å². The van der Waals surface area contributed by atoms with Crippen molar-refractivity contribution in [2.45, 2.75) is 58.5 Å². The molecular formula is C16H26N2O2S. The van der Waals surface area contributed by atoms with E-state index < -0.39 is 5.97 Å². The SMILES string of the molecule is CCCC1CCC(C(=O)O)C(N(C)Cc2csc(C)n2)C1. The molecule has 1 N–H and O–H groups in total. The van der Waals surface area contributed by atoms with E-state index in [4.69, 9.17) is 0 Å². The molecule has 3 unspecified atom stereocenters. The molecule has 1 aliphatic carbocycles. The molecule has 1 aliphatic rings. The lowest BCUT2D eigenvalue weighted by atomic mass is 9.76. The van der Waals surface area contributed by atoms with Crippen LogP contribution in [0.15, 0.2) is 5.38 Å². The van der Waals surface area contributed by atoms with Gasteiger partial charge in [-0.15, -0.1) is 11.3 Å². The quantitative estimate of drug-likeness (QED) is 0.873. The Morgan fingerprint density at radius 1 is 1.52 bits per heavy atom. The van der Waals surface area contributed by atoms with Gasteiger partial charge in [0.15, 0.2) is 0 Å². The average molecular weight is 310 g/mol. The first-order chi connectivity index (χ1) is 10.0. The first-order valence-corrected chi connectivity index (χ1v) is 8.73. The Balaban J connectivity index is 2.05. The van der Waals surface area contributed by atoms with Crippen molar-refractivity contribution in [3.05, 3.63) is 16.1 Å². The fourth-order valence-corrected chi connectivity index (χ4v) is 4.13. The van der Waals surface area contributed by atoms with E-state index in [1.54, 1.807) is 11.3 Å². The van der Waals surface area contributed by atoms with Crippen molar-refractivity contribution in [1.82, 2.24) is 9.88 Å². The molecule has 1 saturated carbocycles. The summed E-state index contributed by atoms with van der Waals surface area (Å²) in [6.45, 7) is 4.96. The maximum Gasteiger partial charge on any atom is 0.308 e. The van der Waals surface area contributed by atoms with Gasteiger partial charge in [-0.2, -0.15) is 0 Å². The lowest BCUT2D eigenvalue weighted by Crippen LogP contribution is -2.45. The van der Waals surface area contributed by atoms with E-state index in [2.05, 4.69) is 22.2 Å². The average Bonchev–Trinajstić information content (AvgIpc) is 2.84. The molecule has 2 rings (SSSR count). The summed E-state index contributed by atoms with van der Waals surface area (Å²) in [5.74, 6) is -0.200. The van der Waals surface area contributed by atoms with Crippen molar-refractivity contribution in [3.8, 4) is 0 Å². The summed E-state index contributed by atoms with van der Waals surface area (Å²) < 4.78 is 0. The Bertz CT molecular complexity index is 475. The van der Waals surface area contributed by atoms with Gasteiger partial charge in [-0.05, 0) is 39.2 Å². The van der Waals surface area contributed by atoms with Crippen molar-refractivity contribution < 1.29 is 9.90 Å². The van der Waals surface area contributed by atoms with Crippen LogP contribution in [0.25, 0.3) is 0 Å². The molecule has 21 heavy (non-hydrogen) atoms. The third-order valence-corrected chi connectivity index (χ3v) is 5.41. The molecule has 0 aliphatic heterocycles. The van der Waals surface area contributed by atoms with E-state index in [9.17, 15) is 9.90 Å². The Labute approximate surface area is 131 Å². The van der Waals surface area contributed by atoms with Gasteiger partial charge in [0.2, 0.25) is 0 Å². The molecule has 1 aromatic rings. The van der Waals surface area contributed by atoms with Crippen LogP contribution < -0.4 is 0 Å².